The van der Waals surface area contributed by atoms with Crippen LogP contribution in [0.2, 0.25) is 0 Å². The third-order valence-corrected chi connectivity index (χ3v) is 11.0. The molecule has 3 aliphatic rings. The van der Waals surface area contributed by atoms with Gasteiger partial charge in [-0.25, -0.2) is 0 Å². The number of hydrogen-bond acceptors (Lipinski definition) is 1. The van der Waals surface area contributed by atoms with Crippen LogP contribution in [-0.4, -0.2) is 6.04 Å². The molecule has 0 aromatic carbocycles. The van der Waals surface area contributed by atoms with Crippen LogP contribution in [0.5, 0.6) is 0 Å². The van der Waals surface area contributed by atoms with E-state index in [0.717, 1.165) is 18.3 Å². The third kappa shape index (κ3) is 5.81. The number of rotatable bonds is 5. The lowest BCUT2D eigenvalue weighted by atomic mass is 9.47. The lowest BCUT2D eigenvalue weighted by molar-refractivity contribution is 0.0119. The van der Waals surface area contributed by atoms with Crippen molar-refractivity contribution < 1.29 is 0 Å². The summed E-state index contributed by atoms with van der Waals surface area (Å²) in [5.74, 6) is 2.18. The smallest absolute Gasteiger partial charge is 0.00965 e. The van der Waals surface area contributed by atoms with E-state index < -0.39 is 0 Å². The Morgan fingerprint density at radius 3 is 1.97 bits per heavy atom. The van der Waals surface area contributed by atoms with Crippen LogP contribution in [0.4, 0.5) is 0 Å². The molecule has 35 heavy (non-hydrogen) atoms. The average molecular weight is 490 g/mol. The molecule has 7 unspecified atom stereocenters. The molecule has 0 spiro atoms. The van der Waals surface area contributed by atoms with Crippen molar-refractivity contribution in [1.29, 1.82) is 0 Å². The maximum absolute atomic E-state index is 6.61. The van der Waals surface area contributed by atoms with Gasteiger partial charge in [0, 0.05) is 6.04 Å². The summed E-state index contributed by atoms with van der Waals surface area (Å²) in [6.45, 7) is 36.3. The quantitative estimate of drug-likeness (QED) is 0.382. The number of allylic oxidation sites excluding steroid dienone is 3. The van der Waals surface area contributed by atoms with Crippen LogP contribution in [-0.2, 0) is 0 Å². The molecule has 0 amide bonds. The predicted molar refractivity (Wildman–Crippen MR) is 162 cm³/mol. The van der Waals surface area contributed by atoms with Gasteiger partial charge < -0.3 is 5.73 Å². The third-order valence-electron chi connectivity index (χ3n) is 11.0. The first-order chi connectivity index (χ1) is 16.4. The van der Waals surface area contributed by atoms with Crippen LogP contribution < -0.4 is 5.73 Å². The Morgan fingerprint density at radius 2 is 1.49 bits per heavy atom. The molecule has 7 atom stereocenters. The molecule has 1 heteroatoms. The van der Waals surface area contributed by atoms with Gasteiger partial charge in [-0.2, -0.15) is 0 Å². The van der Waals surface area contributed by atoms with Crippen LogP contribution in [0.25, 0.3) is 0 Å². The zero-order valence-electron chi connectivity index (χ0n) is 26.8. The first kappa shape index (κ1) is 34.4. The van der Waals surface area contributed by atoms with E-state index in [1.807, 2.05) is 41.5 Å². The molecule has 2 N–H and O–H groups in total. The summed E-state index contributed by atoms with van der Waals surface area (Å²) < 4.78 is 0. The summed E-state index contributed by atoms with van der Waals surface area (Å²) in [5.41, 5.74) is 11.2. The zero-order valence-corrected chi connectivity index (χ0v) is 26.8. The molecule has 2 fully saturated rings. The molecule has 0 bridgehead atoms. The van der Waals surface area contributed by atoms with Crippen molar-refractivity contribution in [2.45, 2.75) is 154 Å². The highest BCUT2D eigenvalue weighted by atomic mass is 14.7. The molecular formula is C34H67N. The van der Waals surface area contributed by atoms with Gasteiger partial charge in [0.15, 0.2) is 0 Å². The fourth-order valence-corrected chi connectivity index (χ4v) is 8.66. The summed E-state index contributed by atoms with van der Waals surface area (Å²) in [6, 6.07) is 0.273. The summed E-state index contributed by atoms with van der Waals surface area (Å²) >= 11 is 0. The Kier molecular flexibility index (Phi) is 13.6. The van der Waals surface area contributed by atoms with Crippen LogP contribution in [0.15, 0.2) is 23.8 Å². The molecule has 0 radical (unpaired) electrons. The molecule has 0 aliphatic heterocycles. The molecule has 0 aromatic heterocycles. The van der Waals surface area contributed by atoms with Gasteiger partial charge in [0.1, 0.15) is 0 Å². The van der Waals surface area contributed by atoms with E-state index in [4.69, 9.17) is 5.73 Å². The fourth-order valence-electron chi connectivity index (χ4n) is 8.66. The van der Waals surface area contributed by atoms with E-state index in [1.165, 1.54) is 44.9 Å². The van der Waals surface area contributed by atoms with Crippen LogP contribution in [0.3, 0.4) is 0 Å². The van der Waals surface area contributed by atoms with Gasteiger partial charge in [-0.05, 0) is 84.9 Å². The summed E-state index contributed by atoms with van der Waals surface area (Å²) in [4.78, 5) is 0. The highest BCUT2D eigenvalue weighted by Crippen LogP contribution is 2.69. The van der Waals surface area contributed by atoms with Gasteiger partial charge >= 0.3 is 0 Å². The maximum Gasteiger partial charge on any atom is 0.00965 e. The molecule has 2 saturated carbocycles. The highest BCUT2D eigenvalue weighted by Gasteiger charge is 2.60. The average Bonchev–Trinajstić information content (AvgIpc) is 3.13. The zero-order chi connectivity index (χ0) is 27.8. The lowest BCUT2D eigenvalue weighted by Gasteiger charge is -2.58. The predicted octanol–water partition coefficient (Wildman–Crippen LogP) is 11.0. The summed E-state index contributed by atoms with van der Waals surface area (Å²) in [5, 5.41) is 0. The highest BCUT2D eigenvalue weighted by molar-refractivity contribution is 5.36. The second kappa shape index (κ2) is 13.8. The fraction of sp³-hybridized carbons (Fsp3) is 0.882. The van der Waals surface area contributed by atoms with Crippen molar-refractivity contribution in [2.75, 3.05) is 0 Å². The van der Waals surface area contributed by atoms with E-state index in [2.05, 4.69) is 68.0 Å². The molecule has 3 aliphatic carbocycles. The molecule has 1 nitrogen and oxygen atoms in total. The van der Waals surface area contributed by atoms with Gasteiger partial charge in [0.2, 0.25) is 0 Å². The standard InChI is InChI=1S/C28H49N.3C2H6/c1-10-12-19(3)21-13-17-27(8)20(4)22(14-18-28(21,27)9)26(7)16-15-24(29)25(5,6)23(26)11-2;3*1-2/h11,19,21,23-24H,2,10,12-18,29H2,1,3-9H3;3*1-2H3. The number of hydrogen-bond donors (Lipinski definition) is 1. The van der Waals surface area contributed by atoms with E-state index >= 15 is 0 Å². The van der Waals surface area contributed by atoms with E-state index in [-0.39, 0.29) is 16.9 Å². The van der Waals surface area contributed by atoms with Crippen LogP contribution in [0, 0.1) is 39.4 Å². The molecule has 3 rings (SSSR count). The molecular weight excluding hydrogens is 422 g/mol. The van der Waals surface area contributed by atoms with Gasteiger partial charge in [0.05, 0.1) is 0 Å². The Labute approximate surface area is 223 Å². The van der Waals surface area contributed by atoms with Gasteiger partial charge in [-0.3, -0.25) is 0 Å². The topological polar surface area (TPSA) is 26.0 Å². The Balaban J connectivity index is 0.00000179. The van der Waals surface area contributed by atoms with Crippen molar-refractivity contribution in [1.82, 2.24) is 0 Å². The Hall–Kier alpha value is -0.560. The molecule has 0 aromatic rings. The lowest BCUT2D eigenvalue weighted by Crippen LogP contribution is -2.54. The Bertz CT molecular complexity index is 672. The van der Waals surface area contributed by atoms with Crippen molar-refractivity contribution >= 4 is 0 Å². The minimum atomic E-state index is 0.109. The van der Waals surface area contributed by atoms with Crippen molar-refractivity contribution in [3.63, 3.8) is 0 Å². The number of nitrogens with two attached hydrogens (primary N) is 1. The van der Waals surface area contributed by atoms with Gasteiger partial charge in [0.25, 0.3) is 0 Å². The van der Waals surface area contributed by atoms with E-state index in [1.54, 1.807) is 11.1 Å². The van der Waals surface area contributed by atoms with Gasteiger partial charge in [-0.15, -0.1) is 6.58 Å². The summed E-state index contributed by atoms with van der Waals surface area (Å²) in [6.07, 6.45) is 12.7. The first-order valence-electron chi connectivity index (χ1n) is 15.5. The second-order valence-electron chi connectivity index (χ2n) is 12.4. The largest absolute Gasteiger partial charge is 0.327 e. The van der Waals surface area contributed by atoms with Crippen molar-refractivity contribution in [3.05, 3.63) is 23.8 Å². The summed E-state index contributed by atoms with van der Waals surface area (Å²) in [7, 11) is 0. The second-order valence-corrected chi connectivity index (χ2v) is 12.4. The van der Waals surface area contributed by atoms with E-state index in [9.17, 15) is 0 Å². The van der Waals surface area contributed by atoms with Crippen molar-refractivity contribution in [3.8, 4) is 0 Å². The molecule has 0 saturated heterocycles. The first-order valence-corrected chi connectivity index (χ1v) is 15.5. The molecule has 208 valence electrons. The van der Waals surface area contributed by atoms with E-state index in [0.29, 0.717) is 16.7 Å². The van der Waals surface area contributed by atoms with Gasteiger partial charge in [-0.1, -0.05) is 120 Å². The monoisotopic (exact) mass is 490 g/mol. The van der Waals surface area contributed by atoms with Crippen LogP contribution in [0.1, 0.15) is 148 Å². The maximum atomic E-state index is 6.61. The SMILES string of the molecule is C=CC1C(C)(C2=C(C)C3(C)CCC(C(C)CCC)C3(C)CC2)CCC(N)C1(C)C.CC.CC.CC. The van der Waals surface area contributed by atoms with Crippen molar-refractivity contribution in [2.24, 2.45) is 45.1 Å². The Morgan fingerprint density at radius 1 is 0.943 bits per heavy atom. The van der Waals surface area contributed by atoms with Crippen LogP contribution >= 0.6 is 0 Å². The minimum Gasteiger partial charge on any atom is -0.327 e. The minimum absolute atomic E-state index is 0.109. The normalized spacial score (nSPS) is 38.4. The number of fused-ring (bicyclic) bond motifs is 1. The molecule has 0 heterocycles.